The number of aromatic nitrogens is 1. The van der Waals surface area contributed by atoms with Gasteiger partial charge in [0, 0.05) is 29.3 Å². The molecule has 1 amide bonds. The van der Waals surface area contributed by atoms with Crippen LogP contribution >= 0.6 is 11.6 Å². The molecule has 0 atom stereocenters. The molecule has 172 valence electrons. The van der Waals surface area contributed by atoms with Crippen molar-refractivity contribution < 1.29 is 22.0 Å². The van der Waals surface area contributed by atoms with Crippen LogP contribution in [0.2, 0.25) is 5.02 Å². The molecule has 0 spiro atoms. The summed E-state index contributed by atoms with van der Waals surface area (Å²) in [6, 6.07) is 17.2. The Hall–Kier alpha value is -3.62. The summed E-state index contributed by atoms with van der Waals surface area (Å²) in [6.45, 7) is 0. The van der Waals surface area contributed by atoms with E-state index in [-0.39, 0.29) is 21.6 Å². The highest BCUT2D eigenvalue weighted by atomic mass is 35.5. The first-order chi connectivity index (χ1) is 16.1. The van der Waals surface area contributed by atoms with Crippen LogP contribution in [0.15, 0.2) is 83.9 Å². The average Bonchev–Trinajstić information content (AvgIpc) is 2.81. The van der Waals surface area contributed by atoms with Crippen LogP contribution in [0.4, 0.5) is 14.5 Å². The summed E-state index contributed by atoms with van der Waals surface area (Å²) in [5.74, 6) is -2.75. The van der Waals surface area contributed by atoms with Gasteiger partial charge in [-0.05, 0) is 71.8 Å². The number of carbonyl (C=O) groups excluding carboxylic acids is 1. The minimum absolute atomic E-state index is 0.0623. The molecule has 3 aromatic carbocycles. The molecule has 9 heteroatoms. The fourth-order valence-corrected chi connectivity index (χ4v) is 4.24. The molecule has 0 radical (unpaired) electrons. The molecule has 0 aliphatic rings. The van der Waals surface area contributed by atoms with Crippen molar-refractivity contribution in [3.8, 4) is 22.4 Å². The Morgan fingerprint density at radius 1 is 0.912 bits per heavy atom. The van der Waals surface area contributed by atoms with Gasteiger partial charge in [-0.3, -0.25) is 9.78 Å². The van der Waals surface area contributed by atoms with E-state index in [1.165, 1.54) is 24.3 Å². The first-order valence-corrected chi connectivity index (χ1v) is 12.2. The smallest absolute Gasteiger partial charge is 0.256 e. The van der Waals surface area contributed by atoms with Gasteiger partial charge < -0.3 is 5.32 Å². The van der Waals surface area contributed by atoms with Crippen molar-refractivity contribution in [1.29, 1.82) is 0 Å². The van der Waals surface area contributed by atoms with Gasteiger partial charge in [0.05, 0.1) is 15.6 Å². The highest BCUT2D eigenvalue weighted by Gasteiger charge is 2.19. The summed E-state index contributed by atoms with van der Waals surface area (Å²) < 4.78 is 51.5. The molecule has 4 rings (SSSR count). The van der Waals surface area contributed by atoms with Gasteiger partial charge in [0.2, 0.25) is 0 Å². The van der Waals surface area contributed by atoms with E-state index in [0.29, 0.717) is 22.0 Å². The normalized spacial score (nSPS) is 11.3. The summed E-state index contributed by atoms with van der Waals surface area (Å²) in [5, 5.41) is 3.19. The molecule has 5 nitrogen and oxygen atoms in total. The first-order valence-electron chi connectivity index (χ1n) is 9.95. The van der Waals surface area contributed by atoms with Crippen LogP contribution in [0.1, 0.15) is 10.4 Å². The number of rotatable bonds is 5. The summed E-state index contributed by atoms with van der Waals surface area (Å²) in [7, 11) is -3.62. The number of carbonyl (C=O) groups is 1. The summed E-state index contributed by atoms with van der Waals surface area (Å²) in [6.07, 6.45) is 2.64. The highest BCUT2D eigenvalue weighted by molar-refractivity contribution is 7.90. The molecule has 0 aliphatic carbocycles. The zero-order chi connectivity index (χ0) is 24.5. The molecule has 0 saturated heterocycles. The number of nitrogens with one attached hydrogen (secondary N) is 1. The van der Waals surface area contributed by atoms with Gasteiger partial charge in [-0.15, -0.1) is 0 Å². The van der Waals surface area contributed by atoms with Crippen molar-refractivity contribution in [2.45, 2.75) is 4.90 Å². The summed E-state index contributed by atoms with van der Waals surface area (Å²) >= 11 is 6.30. The Balaban J connectivity index is 1.76. The zero-order valence-corrected chi connectivity index (χ0v) is 19.3. The quantitative estimate of drug-likeness (QED) is 0.366. The van der Waals surface area contributed by atoms with Gasteiger partial charge in [0.1, 0.15) is 0 Å². The third-order valence-electron chi connectivity index (χ3n) is 5.06. The average molecular weight is 499 g/mol. The number of pyridine rings is 1. The van der Waals surface area contributed by atoms with Crippen LogP contribution in [0, 0.1) is 11.6 Å². The van der Waals surface area contributed by atoms with Crippen LogP contribution in [0.25, 0.3) is 22.4 Å². The fourth-order valence-electron chi connectivity index (χ4n) is 3.37. The number of anilines is 1. The van der Waals surface area contributed by atoms with Gasteiger partial charge in [0.15, 0.2) is 21.5 Å². The molecule has 0 fully saturated rings. The second kappa shape index (κ2) is 9.32. The van der Waals surface area contributed by atoms with E-state index < -0.39 is 27.4 Å². The van der Waals surface area contributed by atoms with Crippen molar-refractivity contribution in [3.63, 3.8) is 0 Å². The Kier molecular flexibility index (Phi) is 6.45. The van der Waals surface area contributed by atoms with Crippen LogP contribution in [0.3, 0.4) is 0 Å². The molecular formula is C25H17ClF2N2O3S. The summed E-state index contributed by atoms with van der Waals surface area (Å²) in [5.41, 5.74) is 2.00. The standard InChI is InChI=1S/C25H17ClF2N2O3S/c1-34(32,33)17-7-8-18(19(14-17)15-5-10-22(27)23(28)12-15)25(31)30-16-6-9-21(26)20(13-16)24-4-2-3-11-29-24/h2-14H,1H3,(H,30,31). The molecular weight excluding hydrogens is 482 g/mol. The minimum atomic E-state index is -3.62. The maximum Gasteiger partial charge on any atom is 0.256 e. The Bertz CT molecular complexity index is 1510. The van der Waals surface area contributed by atoms with E-state index in [1.54, 1.807) is 42.6 Å². The van der Waals surface area contributed by atoms with Crippen molar-refractivity contribution in [1.82, 2.24) is 4.98 Å². The van der Waals surface area contributed by atoms with Crippen LogP contribution in [0.5, 0.6) is 0 Å². The molecule has 0 unspecified atom stereocenters. The van der Waals surface area contributed by atoms with Crippen molar-refractivity contribution in [2.24, 2.45) is 0 Å². The lowest BCUT2D eigenvalue weighted by molar-refractivity contribution is 0.102. The SMILES string of the molecule is CS(=O)(=O)c1ccc(C(=O)Nc2ccc(Cl)c(-c3ccccn3)c2)c(-c2ccc(F)c(F)c2)c1. The van der Waals surface area contributed by atoms with Gasteiger partial charge in [-0.2, -0.15) is 0 Å². The predicted molar refractivity (Wildman–Crippen MR) is 128 cm³/mol. The number of halogens is 3. The zero-order valence-electron chi connectivity index (χ0n) is 17.7. The topological polar surface area (TPSA) is 76.1 Å². The Labute approximate surface area is 200 Å². The van der Waals surface area contributed by atoms with Crippen molar-refractivity contribution >= 4 is 33.0 Å². The molecule has 1 aromatic heterocycles. The third-order valence-corrected chi connectivity index (χ3v) is 6.50. The van der Waals surface area contributed by atoms with E-state index in [1.807, 2.05) is 0 Å². The molecule has 34 heavy (non-hydrogen) atoms. The molecule has 1 N–H and O–H groups in total. The molecule has 0 saturated carbocycles. The monoisotopic (exact) mass is 498 g/mol. The van der Waals surface area contributed by atoms with Crippen molar-refractivity contribution in [2.75, 3.05) is 11.6 Å². The number of benzene rings is 3. The van der Waals surface area contributed by atoms with Crippen LogP contribution in [-0.4, -0.2) is 25.6 Å². The predicted octanol–water partition coefficient (Wildman–Crippen LogP) is 6.00. The van der Waals surface area contributed by atoms with Gasteiger partial charge in [0.25, 0.3) is 5.91 Å². The minimum Gasteiger partial charge on any atom is -0.322 e. The fraction of sp³-hybridized carbons (Fsp3) is 0.0400. The molecule has 4 aromatic rings. The maximum absolute atomic E-state index is 13.9. The molecule has 1 heterocycles. The van der Waals surface area contributed by atoms with Crippen LogP contribution in [-0.2, 0) is 9.84 Å². The number of nitrogens with zero attached hydrogens (tertiary/aromatic N) is 1. The third kappa shape index (κ3) is 4.98. The van der Waals surface area contributed by atoms with Gasteiger partial charge in [-0.25, -0.2) is 17.2 Å². The Morgan fingerprint density at radius 2 is 1.71 bits per heavy atom. The lowest BCUT2D eigenvalue weighted by atomic mass is 9.98. The van der Waals surface area contributed by atoms with Gasteiger partial charge >= 0.3 is 0 Å². The van der Waals surface area contributed by atoms with E-state index in [2.05, 4.69) is 10.3 Å². The van der Waals surface area contributed by atoms with Gasteiger partial charge in [-0.1, -0.05) is 23.7 Å². The van der Waals surface area contributed by atoms with E-state index in [9.17, 15) is 22.0 Å². The number of amides is 1. The lowest BCUT2D eigenvalue weighted by Gasteiger charge is -2.14. The first kappa shape index (κ1) is 23.5. The lowest BCUT2D eigenvalue weighted by Crippen LogP contribution is -2.14. The van der Waals surface area contributed by atoms with E-state index in [4.69, 9.17) is 11.6 Å². The number of hydrogen-bond donors (Lipinski definition) is 1. The number of sulfone groups is 1. The number of hydrogen-bond acceptors (Lipinski definition) is 4. The Morgan fingerprint density at radius 3 is 2.38 bits per heavy atom. The second-order valence-corrected chi connectivity index (χ2v) is 9.90. The van der Waals surface area contributed by atoms with E-state index >= 15 is 0 Å². The highest BCUT2D eigenvalue weighted by Crippen LogP contribution is 2.31. The molecule has 0 bridgehead atoms. The summed E-state index contributed by atoms with van der Waals surface area (Å²) in [4.78, 5) is 17.4. The molecule has 0 aliphatic heterocycles. The maximum atomic E-state index is 13.9. The van der Waals surface area contributed by atoms with Crippen LogP contribution < -0.4 is 5.32 Å². The largest absolute Gasteiger partial charge is 0.322 e. The second-order valence-electron chi connectivity index (χ2n) is 7.47. The van der Waals surface area contributed by atoms with Crippen molar-refractivity contribution in [3.05, 3.63) is 101 Å². The van der Waals surface area contributed by atoms with E-state index in [0.717, 1.165) is 18.4 Å².